The fraction of sp³-hybridized carbons (Fsp3) is 0.160. The Bertz CT molecular complexity index is 1110. The van der Waals surface area contributed by atoms with E-state index < -0.39 is 12.6 Å². The molecular weight excluding hydrogens is 380 g/mol. The summed E-state index contributed by atoms with van der Waals surface area (Å²) in [6, 6.07) is 24.1. The Kier molecular flexibility index (Phi) is 6.11. The predicted molar refractivity (Wildman–Crippen MR) is 115 cm³/mol. The lowest BCUT2D eigenvalue weighted by Crippen LogP contribution is -2.09. The molecular formula is C25H22O5. The van der Waals surface area contributed by atoms with Crippen LogP contribution in [0.3, 0.4) is 0 Å². The highest BCUT2D eigenvalue weighted by Gasteiger charge is 2.12. The summed E-state index contributed by atoms with van der Waals surface area (Å²) in [6.07, 6.45) is 2.37. The van der Waals surface area contributed by atoms with Crippen LogP contribution in [-0.4, -0.2) is 24.3 Å². The summed E-state index contributed by atoms with van der Waals surface area (Å²) in [5.74, 6) is -0.593. The molecule has 3 aromatic carbocycles. The van der Waals surface area contributed by atoms with E-state index in [9.17, 15) is 4.79 Å². The van der Waals surface area contributed by atoms with Gasteiger partial charge in [0, 0.05) is 10.9 Å². The minimum atomic E-state index is -1.02. The van der Waals surface area contributed by atoms with Crippen molar-refractivity contribution >= 4 is 16.9 Å². The van der Waals surface area contributed by atoms with Gasteiger partial charge in [-0.25, -0.2) is 4.79 Å². The highest BCUT2D eigenvalue weighted by atomic mass is 16.5. The Labute approximate surface area is 174 Å². The second kappa shape index (κ2) is 9.29. The Morgan fingerprint density at radius 3 is 2.43 bits per heavy atom. The molecule has 0 unspecified atom stereocenters. The summed E-state index contributed by atoms with van der Waals surface area (Å²) >= 11 is 0. The van der Waals surface area contributed by atoms with E-state index in [0.717, 1.165) is 16.5 Å². The quantitative estimate of drug-likeness (QED) is 0.384. The monoisotopic (exact) mass is 402 g/mol. The summed E-state index contributed by atoms with van der Waals surface area (Å²) in [4.78, 5) is 10.7. The first kappa shape index (κ1) is 19.7. The molecule has 4 aromatic rings. The van der Waals surface area contributed by atoms with Crippen molar-refractivity contribution in [3.63, 3.8) is 0 Å². The lowest BCUT2D eigenvalue weighted by Gasteiger charge is -2.06. The van der Waals surface area contributed by atoms with Crippen LogP contribution in [0.4, 0.5) is 0 Å². The number of carboxylic acid groups (broad SMARTS) is 1. The van der Waals surface area contributed by atoms with Gasteiger partial charge in [-0.1, -0.05) is 66.7 Å². The largest absolute Gasteiger partial charge is 0.479 e. The molecule has 0 aliphatic carbocycles. The van der Waals surface area contributed by atoms with Gasteiger partial charge >= 0.3 is 5.97 Å². The molecule has 1 aromatic heterocycles. The standard InChI is InChI=1S/C25H22O5/c26-24(27)17-29-23-8-4-7-22-21(16-30-25(22)23)13-14-28-15-18-9-11-20(12-10-18)19-5-2-1-3-6-19/h1-12,16H,13-15,17H2,(H,26,27). The first-order valence-corrected chi connectivity index (χ1v) is 9.76. The van der Waals surface area contributed by atoms with E-state index in [1.807, 2.05) is 30.3 Å². The van der Waals surface area contributed by atoms with Crippen LogP contribution in [-0.2, 0) is 22.6 Å². The van der Waals surface area contributed by atoms with Crippen molar-refractivity contribution in [2.45, 2.75) is 13.0 Å². The average Bonchev–Trinajstić information content (AvgIpc) is 3.20. The Morgan fingerprint density at radius 1 is 0.900 bits per heavy atom. The molecule has 5 nitrogen and oxygen atoms in total. The van der Waals surface area contributed by atoms with Crippen molar-refractivity contribution in [2.75, 3.05) is 13.2 Å². The van der Waals surface area contributed by atoms with E-state index in [0.29, 0.717) is 31.0 Å². The third-order valence-corrected chi connectivity index (χ3v) is 4.84. The minimum Gasteiger partial charge on any atom is -0.479 e. The first-order valence-electron chi connectivity index (χ1n) is 9.76. The van der Waals surface area contributed by atoms with Crippen molar-refractivity contribution in [2.24, 2.45) is 0 Å². The summed E-state index contributed by atoms with van der Waals surface area (Å²) in [6.45, 7) is 0.689. The van der Waals surface area contributed by atoms with Crippen LogP contribution < -0.4 is 4.74 Å². The summed E-state index contributed by atoms with van der Waals surface area (Å²) < 4.78 is 16.8. The molecule has 5 heteroatoms. The Balaban J connectivity index is 1.32. The topological polar surface area (TPSA) is 68.9 Å². The number of hydrogen-bond donors (Lipinski definition) is 1. The minimum absolute atomic E-state index is 0.401. The van der Waals surface area contributed by atoms with Crippen molar-refractivity contribution in [1.29, 1.82) is 0 Å². The third-order valence-electron chi connectivity index (χ3n) is 4.84. The number of benzene rings is 3. The molecule has 0 aliphatic rings. The number of carbonyl (C=O) groups is 1. The van der Waals surface area contributed by atoms with Crippen LogP contribution in [0.25, 0.3) is 22.1 Å². The number of ether oxygens (including phenoxy) is 2. The van der Waals surface area contributed by atoms with E-state index in [2.05, 4.69) is 36.4 Å². The van der Waals surface area contributed by atoms with E-state index in [-0.39, 0.29) is 0 Å². The van der Waals surface area contributed by atoms with Gasteiger partial charge in [0.25, 0.3) is 0 Å². The van der Waals surface area contributed by atoms with E-state index in [4.69, 9.17) is 19.0 Å². The highest BCUT2D eigenvalue weighted by molar-refractivity contribution is 5.86. The molecule has 0 saturated heterocycles. The molecule has 1 heterocycles. The van der Waals surface area contributed by atoms with Gasteiger partial charge in [-0.3, -0.25) is 0 Å². The highest BCUT2D eigenvalue weighted by Crippen LogP contribution is 2.30. The summed E-state index contributed by atoms with van der Waals surface area (Å²) in [5.41, 5.74) is 5.07. The van der Waals surface area contributed by atoms with Gasteiger partial charge in [0.2, 0.25) is 0 Å². The van der Waals surface area contributed by atoms with Crippen LogP contribution >= 0.6 is 0 Å². The van der Waals surface area contributed by atoms with Gasteiger partial charge in [-0.2, -0.15) is 0 Å². The van der Waals surface area contributed by atoms with Gasteiger partial charge in [0.1, 0.15) is 0 Å². The summed E-state index contributed by atoms with van der Waals surface area (Å²) in [7, 11) is 0. The van der Waals surface area contributed by atoms with Gasteiger partial charge in [0.15, 0.2) is 17.9 Å². The van der Waals surface area contributed by atoms with E-state index in [1.165, 1.54) is 11.1 Å². The van der Waals surface area contributed by atoms with Crippen LogP contribution in [0.5, 0.6) is 5.75 Å². The maximum Gasteiger partial charge on any atom is 0.341 e. The molecule has 4 rings (SSSR count). The fourth-order valence-corrected chi connectivity index (χ4v) is 3.33. The molecule has 0 spiro atoms. The molecule has 0 bridgehead atoms. The molecule has 1 N–H and O–H groups in total. The first-order chi connectivity index (χ1) is 14.7. The molecule has 152 valence electrons. The fourth-order valence-electron chi connectivity index (χ4n) is 3.33. The van der Waals surface area contributed by atoms with Crippen LogP contribution in [0.1, 0.15) is 11.1 Å². The Morgan fingerprint density at radius 2 is 1.67 bits per heavy atom. The van der Waals surface area contributed by atoms with Crippen LogP contribution in [0, 0.1) is 0 Å². The average molecular weight is 402 g/mol. The maximum absolute atomic E-state index is 10.7. The molecule has 0 radical (unpaired) electrons. The number of carboxylic acids is 1. The molecule has 0 amide bonds. The van der Waals surface area contributed by atoms with Crippen molar-refractivity contribution in [3.05, 3.63) is 90.2 Å². The van der Waals surface area contributed by atoms with Crippen molar-refractivity contribution in [1.82, 2.24) is 0 Å². The normalized spacial score (nSPS) is 10.9. The second-order valence-corrected chi connectivity index (χ2v) is 6.94. The molecule has 30 heavy (non-hydrogen) atoms. The number of rotatable bonds is 9. The van der Waals surface area contributed by atoms with E-state index in [1.54, 1.807) is 12.3 Å². The van der Waals surface area contributed by atoms with Gasteiger partial charge in [0.05, 0.1) is 19.5 Å². The van der Waals surface area contributed by atoms with Gasteiger partial charge in [-0.05, 0) is 29.2 Å². The third kappa shape index (κ3) is 4.70. The second-order valence-electron chi connectivity index (χ2n) is 6.94. The zero-order valence-corrected chi connectivity index (χ0v) is 16.4. The van der Waals surface area contributed by atoms with Gasteiger partial charge < -0.3 is 19.0 Å². The zero-order chi connectivity index (χ0) is 20.8. The van der Waals surface area contributed by atoms with Crippen LogP contribution in [0.2, 0.25) is 0 Å². The van der Waals surface area contributed by atoms with Crippen molar-refractivity contribution < 1.29 is 23.8 Å². The van der Waals surface area contributed by atoms with Crippen molar-refractivity contribution in [3.8, 4) is 16.9 Å². The van der Waals surface area contributed by atoms with Crippen LogP contribution in [0.15, 0.2) is 83.5 Å². The number of furan rings is 1. The lowest BCUT2D eigenvalue weighted by atomic mass is 10.0. The Hall–Kier alpha value is -3.57. The SMILES string of the molecule is O=C(O)COc1cccc2c(CCOCc3ccc(-c4ccccc4)cc3)coc12. The summed E-state index contributed by atoms with van der Waals surface area (Å²) in [5, 5.41) is 9.70. The molecule has 0 atom stereocenters. The smallest absolute Gasteiger partial charge is 0.341 e. The molecule has 0 aliphatic heterocycles. The number of hydrogen-bond acceptors (Lipinski definition) is 4. The number of fused-ring (bicyclic) bond motifs is 1. The lowest BCUT2D eigenvalue weighted by molar-refractivity contribution is -0.139. The maximum atomic E-state index is 10.7. The van der Waals surface area contributed by atoms with E-state index >= 15 is 0 Å². The van der Waals surface area contributed by atoms with Gasteiger partial charge in [-0.15, -0.1) is 0 Å². The zero-order valence-electron chi connectivity index (χ0n) is 16.4. The number of para-hydroxylation sites is 1. The molecule has 0 saturated carbocycles. The molecule has 0 fully saturated rings. The predicted octanol–water partition coefficient (Wildman–Crippen LogP) is 5.32. The number of aliphatic carboxylic acids is 1.